The Balaban J connectivity index is 1.26. The van der Waals surface area contributed by atoms with Gasteiger partial charge in [0.1, 0.15) is 17.0 Å². The van der Waals surface area contributed by atoms with Crippen LogP contribution < -0.4 is 10.2 Å². The number of piperidine rings is 1. The Morgan fingerprint density at radius 1 is 1.13 bits per heavy atom. The molecule has 1 aliphatic heterocycles. The lowest BCUT2D eigenvalue weighted by Gasteiger charge is -2.32. The molecule has 1 saturated heterocycles. The van der Waals surface area contributed by atoms with E-state index in [4.69, 9.17) is 11.6 Å². The molecule has 0 aliphatic carbocycles. The van der Waals surface area contributed by atoms with E-state index in [-0.39, 0.29) is 11.8 Å². The maximum atomic E-state index is 12.6. The average molecular weight is 438 g/mol. The Kier molecular flexibility index (Phi) is 5.23. The van der Waals surface area contributed by atoms with Gasteiger partial charge in [0.25, 0.3) is 0 Å². The third kappa shape index (κ3) is 3.70. The summed E-state index contributed by atoms with van der Waals surface area (Å²) in [5.74, 6) is 1.08. The number of nitrogens with zero attached hydrogens (tertiary/aromatic N) is 4. The summed E-state index contributed by atoms with van der Waals surface area (Å²) >= 11 is 7.55. The van der Waals surface area contributed by atoms with Gasteiger partial charge in [-0.05, 0) is 42.7 Å². The summed E-state index contributed by atoms with van der Waals surface area (Å²) in [4.78, 5) is 29.4. The monoisotopic (exact) mass is 437 g/mol. The van der Waals surface area contributed by atoms with Crippen LogP contribution in [-0.2, 0) is 11.3 Å². The summed E-state index contributed by atoms with van der Waals surface area (Å²) in [6, 6.07) is 11.5. The summed E-state index contributed by atoms with van der Waals surface area (Å²) in [7, 11) is 0. The fourth-order valence-electron chi connectivity index (χ4n) is 3.91. The van der Waals surface area contributed by atoms with E-state index < -0.39 is 0 Å². The Labute approximate surface area is 182 Å². The van der Waals surface area contributed by atoms with Crippen LogP contribution in [0.3, 0.4) is 0 Å². The van der Waals surface area contributed by atoms with Crippen molar-refractivity contribution in [1.29, 1.82) is 0 Å². The highest BCUT2D eigenvalue weighted by Gasteiger charge is 2.27. The topological polar surface area (TPSA) is 71.0 Å². The van der Waals surface area contributed by atoms with Crippen molar-refractivity contribution in [3.63, 3.8) is 0 Å². The van der Waals surface area contributed by atoms with Gasteiger partial charge >= 0.3 is 0 Å². The number of anilines is 1. The van der Waals surface area contributed by atoms with E-state index in [0.717, 1.165) is 57.7 Å². The minimum absolute atomic E-state index is 0.0231. The molecule has 0 spiro atoms. The van der Waals surface area contributed by atoms with Gasteiger partial charge in [0, 0.05) is 42.2 Å². The summed E-state index contributed by atoms with van der Waals surface area (Å²) < 4.78 is 1.07. The number of halogens is 1. The standard InChI is InChI=1S/C22H20ClN5OS/c23-16-5-3-14(4-6-16)12-25-21(29)15-7-10-28(11-8-15)20-19-18(26-13-27-20)17-2-1-9-24-22(17)30-19/h1-6,9,13,15H,7-8,10-12H2,(H,25,29). The molecule has 1 N–H and O–H groups in total. The molecule has 0 radical (unpaired) electrons. The Hall–Kier alpha value is -2.77. The first kappa shape index (κ1) is 19.2. The quantitative estimate of drug-likeness (QED) is 0.511. The van der Waals surface area contributed by atoms with Gasteiger partial charge in [-0.1, -0.05) is 23.7 Å². The van der Waals surface area contributed by atoms with Crippen molar-refractivity contribution in [3.05, 3.63) is 59.5 Å². The first-order valence-electron chi connectivity index (χ1n) is 9.94. The van der Waals surface area contributed by atoms with Gasteiger partial charge in [-0.25, -0.2) is 15.0 Å². The lowest BCUT2D eigenvalue weighted by Crippen LogP contribution is -2.40. The minimum Gasteiger partial charge on any atom is -0.355 e. The highest BCUT2D eigenvalue weighted by molar-refractivity contribution is 7.25. The molecule has 8 heteroatoms. The number of aromatic nitrogens is 3. The fraction of sp³-hybridized carbons (Fsp3) is 0.273. The van der Waals surface area contributed by atoms with Crippen LogP contribution >= 0.6 is 22.9 Å². The average Bonchev–Trinajstić information content (AvgIpc) is 3.17. The number of benzene rings is 1. The fourth-order valence-corrected chi connectivity index (χ4v) is 5.15. The van der Waals surface area contributed by atoms with Crippen molar-refractivity contribution in [2.45, 2.75) is 19.4 Å². The molecule has 3 aromatic heterocycles. The van der Waals surface area contributed by atoms with Gasteiger partial charge < -0.3 is 10.2 Å². The number of nitrogens with one attached hydrogen (secondary N) is 1. The van der Waals surface area contributed by atoms with Crippen molar-refractivity contribution in [2.24, 2.45) is 5.92 Å². The zero-order chi connectivity index (χ0) is 20.5. The summed E-state index contributed by atoms with van der Waals surface area (Å²) in [6.07, 6.45) is 5.04. The third-order valence-corrected chi connectivity index (χ3v) is 6.91. The molecule has 6 nitrogen and oxygen atoms in total. The maximum absolute atomic E-state index is 12.6. The van der Waals surface area contributed by atoms with Crippen LogP contribution in [-0.4, -0.2) is 33.9 Å². The molecule has 152 valence electrons. The molecule has 0 saturated carbocycles. The first-order valence-corrected chi connectivity index (χ1v) is 11.1. The van der Waals surface area contributed by atoms with Crippen LogP contribution in [0.2, 0.25) is 5.02 Å². The molecular formula is C22H20ClN5OS. The van der Waals surface area contributed by atoms with Crippen LogP contribution in [0.5, 0.6) is 0 Å². The lowest BCUT2D eigenvalue weighted by molar-refractivity contribution is -0.125. The van der Waals surface area contributed by atoms with Crippen molar-refractivity contribution in [1.82, 2.24) is 20.3 Å². The number of carbonyl (C=O) groups is 1. The molecule has 30 heavy (non-hydrogen) atoms. The molecular weight excluding hydrogens is 418 g/mol. The van der Waals surface area contributed by atoms with E-state index in [0.29, 0.717) is 11.6 Å². The van der Waals surface area contributed by atoms with E-state index in [1.165, 1.54) is 0 Å². The van der Waals surface area contributed by atoms with E-state index in [1.54, 1.807) is 23.9 Å². The van der Waals surface area contributed by atoms with Gasteiger partial charge in [0.2, 0.25) is 5.91 Å². The van der Waals surface area contributed by atoms with Crippen LogP contribution in [0, 0.1) is 5.92 Å². The molecule has 4 heterocycles. The van der Waals surface area contributed by atoms with Crippen molar-refractivity contribution >= 4 is 55.1 Å². The molecule has 0 bridgehead atoms. The number of hydrogen-bond acceptors (Lipinski definition) is 6. The highest BCUT2D eigenvalue weighted by atomic mass is 35.5. The second-order valence-electron chi connectivity index (χ2n) is 7.44. The van der Waals surface area contributed by atoms with Gasteiger partial charge in [-0.3, -0.25) is 4.79 Å². The van der Waals surface area contributed by atoms with Gasteiger partial charge in [-0.2, -0.15) is 0 Å². The number of fused-ring (bicyclic) bond motifs is 3. The van der Waals surface area contributed by atoms with E-state index in [1.807, 2.05) is 30.3 Å². The molecule has 1 aliphatic rings. The maximum Gasteiger partial charge on any atom is 0.223 e. The van der Waals surface area contributed by atoms with Gasteiger partial charge in [-0.15, -0.1) is 11.3 Å². The molecule has 0 atom stereocenters. The number of thiophene rings is 1. The number of hydrogen-bond donors (Lipinski definition) is 1. The molecule has 1 amide bonds. The zero-order valence-electron chi connectivity index (χ0n) is 16.2. The van der Waals surface area contributed by atoms with Gasteiger partial charge in [0.15, 0.2) is 0 Å². The van der Waals surface area contributed by atoms with E-state index in [2.05, 4.69) is 31.2 Å². The SMILES string of the molecule is O=C(NCc1ccc(Cl)cc1)C1CCN(c2ncnc3c2sc2ncccc23)CC1. The highest BCUT2D eigenvalue weighted by Crippen LogP contribution is 2.37. The lowest BCUT2D eigenvalue weighted by atomic mass is 9.96. The molecule has 1 fully saturated rings. The van der Waals surface area contributed by atoms with E-state index >= 15 is 0 Å². The number of rotatable bonds is 4. The van der Waals surface area contributed by atoms with Crippen LogP contribution in [0.1, 0.15) is 18.4 Å². The summed E-state index contributed by atoms with van der Waals surface area (Å²) in [6.45, 7) is 2.12. The van der Waals surface area contributed by atoms with Crippen molar-refractivity contribution in [2.75, 3.05) is 18.0 Å². The summed E-state index contributed by atoms with van der Waals surface area (Å²) in [5.41, 5.74) is 2.00. The van der Waals surface area contributed by atoms with Gasteiger partial charge in [0.05, 0.1) is 10.2 Å². The molecule has 1 aromatic carbocycles. The zero-order valence-corrected chi connectivity index (χ0v) is 17.8. The number of pyridine rings is 1. The molecule has 0 unspecified atom stereocenters. The summed E-state index contributed by atoms with van der Waals surface area (Å²) in [5, 5.41) is 4.82. The minimum atomic E-state index is 0.0231. The Bertz CT molecular complexity index is 1200. The third-order valence-electron chi connectivity index (χ3n) is 5.56. The number of carbonyl (C=O) groups excluding carboxylic acids is 1. The molecule has 5 rings (SSSR count). The smallest absolute Gasteiger partial charge is 0.223 e. The molecule has 4 aromatic rings. The largest absolute Gasteiger partial charge is 0.355 e. The van der Waals surface area contributed by atoms with E-state index in [9.17, 15) is 4.79 Å². The Morgan fingerprint density at radius 2 is 1.93 bits per heavy atom. The predicted molar refractivity (Wildman–Crippen MR) is 121 cm³/mol. The van der Waals surface area contributed by atoms with Crippen molar-refractivity contribution in [3.8, 4) is 0 Å². The number of amides is 1. The second kappa shape index (κ2) is 8.16. The second-order valence-corrected chi connectivity index (χ2v) is 8.87. The van der Waals surface area contributed by atoms with Crippen LogP contribution in [0.15, 0.2) is 48.9 Å². The normalized spacial score (nSPS) is 15.0. The predicted octanol–water partition coefficient (Wildman–Crippen LogP) is 4.43. The van der Waals surface area contributed by atoms with Crippen LogP contribution in [0.4, 0.5) is 5.82 Å². The first-order chi connectivity index (χ1) is 14.7. The van der Waals surface area contributed by atoms with Crippen LogP contribution in [0.25, 0.3) is 20.4 Å². The van der Waals surface area contributed by atoms with Crippen molar-refractivity contribution < 1.29 is 4.79 Å². The Morgan fingerprint density at radius 3 is 2.73 bits per heavy atom.